The minimum absolute atomic E-state index is 0.648. The largest absolute Gasteiger partial charge is 0.354 e. The van der Waals surface area contributed by atoms with Crippen molar-refractivity contribution in [3.8, 4) is 0 Å². The Morgan fingerprint density at radius 2 is 2.14 bits per heavy atom. The molecule has 1 aromatic heterocycles. The number of nitrogens with one attached hydrogen (secondary N) is 1. The molecule has 1 fully saturated rings. The first-order valence-corrected chi connectivity index (χ1v) is 8.13. The summed E-state index contributed by atoms with van der Waals surface area (Å²) in [6.07, 6.45) is 5.14. The molecule has 1 saturated heterocycles. The van der Waals surface area contributed by atoms with E-state index in [0.717, 1.165) is 24.4 Å². The first-order valence-electron chi connectivity index (χ1n) is 8.13. The highest BCUT2D eigenvalue weighted by Gasteiger charge is 2.22. The number of fused-ring (bicyclic) bond motifs is 1. The van der Waals surface area contributed by atoms with E-state index in [4.69, 9.17) is 4.98 Å². The lowest BCUT2D eigenvalue weighted by Crippen LogP contribution is -2.39. The summed E-state index contributed by atoms with van der Waals surface area (Å²) in [6.45, 7) is 4.32. The highest BCUT2D eigenvalue weighted by Crippen LogP contribution is 2.28. The molecule has 1 aliphatic heterocycles. The Labute approximate surface area is 127 Å². The molecule has 0 saturated carbocycles. The van der Waals surface area contributed by atoms with E-state index in [-0.39, 0.29) is 0 Å². The lowest BCUT2D eigenvalue weighted by atomic mass is 9.99. The maximum Gasteiger partial charge on any atom is 0.129 e. The van der Waals surface area contributed by atoms with Crippen LogP contribution >= 0.6 is 0 Å². The molecule has 3 nitrogen and oxygen atoms in total. The van der Waals surface area contributed by atoms with E-state index < -0.39 is 0 Å². The average Bonchev–Trinajstić information content (AvgIpc) is 2.55. The summed E-state index contributed by atoms with van der Waals surface area (Å²) in [5, 5.41) is 4.55. The predicted molar refractivity (Wildman–Crippen MR) is 89.8 cm³/mol. The van der Waals surface area contributed by atoms with Gasteiger partial charge in [-0.3, -0.25) is 0 Å². The quantitative estimate of drug-likeness (QED) is 0.927. The monoisotopic (exact) mass is 283 g/mol. The zero-order chi connectivity index (χ0) is 14.7. The Hall–Kier alpha value is -1.61. The fourth-order valence-electron chi connectivity index (χ4n) is 3.44. The van der Waals surface area contributed by atoms with E-state index in [1.807, 2.05) is 7.05 Å². The summed E-state index contributed by atoms with van der Waals surface area (Å²) >= 11 is 0. The molecular formula is C18H25N3. The number of nitrogens with zero attached hydrogens (tertiary/aromatic N) is 2. The van der Waals surface area contributed by atoms with Crippen LogP contribution in [0.2, 0.25) is 0 Å². The third kappa shape index (κ3) is 2.88. The maximum atomic E-state index is 4.94. The molecule has 1 N–H and O–H groups in total. The van der Waals surface area contributed by atoms with Gasteiger partial charge in [0.25, 0.3) is 0 Å². The molecule has 0 radical (unpaired) electrons. The van der Waals surface area contributed by atoms with Gasteiger partial charge in [-0.05, 0) is 50.4 Å². The summed E-state index contributed by atoms with van der Waals surface area (Å²) in [5.41, 5.74) is 2.46. The van der Waals surface area contributed by atoms with Gasteiger partial charge in [0, 0.05) is 24.5 Å². The van der Waals surface area contributed by atoms with Gasteiger partial charge in [0.2, 0.25) is 0 Å². The second kappa shape index (κ2) is 6.44. The molecule has 2 heterocycles. The van der Waals surface area contributed by atoms with Crippen molar-refractivity contribution < 1.29 is 0 Å². The van der Waals surface area contributed by atoms with E-state index >= 15 is 0 Å². The van der Waals surface area contributed by atoms with Crippen molar-refractivity contribution in [2.45, 2.75) is 45.2 Å². The number of hydrogen-bond donors (Lipinski definition) is 1. The number of anilines is 1. The number of piperidine rings is 1. The van der Waals surface area contributed by atoms with Crippen LogP contribution in [0.4, 0.5) is 5.82 Å². The van der Waals surface area contributed by atoms with Crippen molar-refractivity contribution in [2.75, 3.05) is 18.5 Å². The van der Waals surface area contributed by atoms with Crippen LogP contribution in [0.1, 0.15) is 38.2 Å². The average molecular weight is 283 g/mol. The molecule has 3 rings (SSSR count). The Balaban J connectivity index is 2.05. The lowest BCUT2D eigenvalue weighted by Gasteiger charge is -2.36. The number of para-hydroxylation sites is 1. The van der Waals surface area contributed by atoms with Crippen LogP contribution in [0.15, 0.2) is 30.3 Å². The van der Waals surface area contributed by atoms with Gasteiger partial charge < -0.3 is 10.2 Å². The normalized spacial score (nSPS) is 19.1. The van der Waals surface area contributed by atoms with Crippen LogP contribution in [-0.4, -0.2) is 24.6 Å². The van der Waals surface area contributed by atoms with Gasteiger partial charge in [-0.2, -0.15) is 0 Å². The molecule has 1 aromatic carbocycles. The van der Waals surface area contributed by atoms with Crippen molar-refractivity contribution in [2.24, 2.45) is 0 Å². The second-order valence-electron chi connectivity index (χ2n) is 5.94. The van der Waals surface area contributed by atoms with E-state index in [2.05, 4.69) is 47.5 Å². The third-order valence-electron chi connectivity index (χ3n) is 4.55. The summed E-state index contributed by atoms with van der Waals surface area (Å²) < 4.78 is 0. The maximum absolute atomic E-state index is 4.94. The number of aromatic nitrogens is 1. The Kier molecular flexibility index (Phi) is 4.39. The van der Waals surface area contributed by atoms with E-state index in [0.29, 0.717) is 6.04 Å². The van der Waals surface area contributed by atoms with Gasteiger partial charge in [0.15, 0.2) is 0 Å². The van der Waals surface area contributed by atoms with Crippen LogP contribution in [0, 0.1) is 0 Å². The first kappa shape index (κ1) is 14.3. The van der Waals surface area contributed by atoms with Crippen LogP contribution in [0.5, 0.6) is 0 Å². The number of hydrogen-bond acceptors (Lipinski definition) is 3. The fraction of sp³-hybridized carbons (Fsp3) is 0.500. The number of benzene rings is 1. The van der Waals surface area contributed by atoms with Crippen molar-refractivity contribution in [1.29, 1.82) is 0 Å². The summed E-state index contributed by atoms with van der Waals surface area (Å²) in [5.74, 6) is 1.16. The zero-order valence-electron chi connectivity index (χ0n) is 13.1. The molecular weight excluding hydrogens is 258 g/mol. The fourth-order valence-corrected chi connectivity index (χ4v) is 3.44. The molecule has 112 valence electrons. The summed E-state index contributed by atoms with van der Waals surface area (Å²) in [7, 11) is 2.00. The molecule has 1 unspecified atom stereocenters. The third-order valence-corrected chi connectivity index (χ3v) is 4.55. The highest BCUT2D eigenvalue weighted by molar-refractivity contribution is 5.84. The number of rotatable bonds is 4. The minimum atomic E-state index is 0.648. The Bertz CT molecular complexity index is 608. The zero-order valence-corrected chi connectivity index (χ0v) is 13.1. The van der Waals surface area contributed by atoms with Crippen molar-refractivity contribution in [3.05, 3.63) is 35.9 Å². The summed E-state index contributed by atoms with van der Waals surface area (Å²) in [4.78, 5) is 7.46. The standard InChI is InChI=1S/C18H25N3/c1-3-15-8-6-7-11-21(15)18-12-14(13-19-2)16-9-4-5-10-17(16)20-18/h4-5,9-10,12,15,19H,3,6-8,11,13H2,1-2H3. The van der Waals surface area contributed by atoms with E-state index in [9.17, 15) is 0 Å². The van der Waals surface area contributed by atoms with E-state index in [1.165, 1.54) is 36.6 Å². The van der Waals surface area contributed by atoms with Crippen LogP contribution in [-0.2, 0) is 6.54 Å². The molecule has 0 amide bonds. The molecule has 21 heavy (non-hydrogen) atoms. The van der Waals surface area contributed by atoms with Crippen molar-refractivity contribution in [3.63, 3.8) is 0 Å². The lowest BCUT2D eigenvalue weighted by molar-refractivity contribution is 0.447. The smallest absolute Gasteiger partial charge is 0.129 e. The number of pyridine rings is 1. The van der Waals surface area contributed by atoms with Crippen molar-refractivity contribution in [1.82, 2.24) is 10.3 Å². The molecule has 0 spiro atoms. The molecule has 0 bridgehead atoms. The van der Waals surface area contributed by atoms with Crippen LogP contribution < -0.4 is 10.2 Å². The first-order chi connectivity index (χ1) is 10.3. The van der Waals surface area contributed by atoms with Crippen LogP contribution in [0.25, 0.3) is 10.9 Å². The SMILES string of the molecule is CCC1CCCCN1c1cc(CNC)c2ccccc2n1. The Morgan fingerprint density at radius 1 is 1.29 bits per heavy atom. The van der Waals surface area contributed by atoms with Crippen molar-refractivity contribution >= 4 is 16.7 Å². The second-order valence-corrected chi connectivity index (χ2v) is 5.94. The molecule has 3 heteroatoms. The van der Waals surface area contributed by atoms with Crippen LogP contribution in [0.3, 0.4) is 0 Å². The van der Waals surface area contributed by atoms with Gasteiger partial charge in [0.1, 0.15) is 5.82 Å². The minimum Gasteiger partial charge on any atom is -0.354 e. The highest BCUT2D eigenvalue weighted by atomic mass is 15.2. The van der Waals surface area contributed by atoms with Gasteiger partial charge in [-0.25, -0.2) is 4.98 Å². The van der Waals surface area contributed by atoms with Gasteiger partial charge >= 0.3 is 0 Å². The molecule has 0 aliphatic carbocycles. The molecule has 2 aromatic rings. The summed E-state index contributed by atoms with van der Waals surface area (Å²) in [6, 6.07) is 11.4. The Morgan fingerprint density at radius 3 is 2.95 bits per heavy atom. The molecule has 1 aliphatic rings. The van der Waals surface area contributed by atoms with Gasteiger partial charge in [0.05, 0.1) is 5.52 Å². The molecule has 1 atom stereocenters. The topological polar surface area (TPSA) is 28.2 Å². The van der Waals surface area contributed by atoms with E-state index in [1.54, 1.807) is 0 Å². The van der Waals surface area contributed by atoms with Gasteiger partial charge in [-0.15, -0.1) is 0 Å². The van der Waals surface area contributed by atoms with Gasteiger partial charge in [-0.1, -0.05) is 25.1 Å². The predicted octanol–water partition coefficient (Wildman–Crippen LogP) is 3.72.